The van der Waals surface area contributed by atoms with E-state index in [0.717, 1.165) is 38.2 Å². The van der Waals surface area contributed by atoms with Gasteiger partial charge in [-0.15, -0.1) is 0 Å². The summed E-state index contributed by atoms with van der Waals surface area (Å²) in [6, 6.07) is 3.89. The summed E-state index contributed by atoms with van der Waals surface area (Å²) >= 11 is 0. The summed E-state index contributed by atoms with van der Waals surface area (Å²) in [7, 11) is 0. The summed E-state index contributed by atoms with van der Waals surface area (Å²) in [6.45, 7) is 8.20. The van der Waals surface area contributed by atoms with Gasteiger partial charge < -0.3 is 16.0 Å². The van der Waals surface area contributed by atoms with Gasteiger partial charge in [0.15, 0.2) is 0 Å². The first-order valence-electron chi connectivity index (χ1n) is 6.53. The summed E-state index contributed by atoms with van der Waals surface area (Å²) in [4.78, 5) is 13.8. The van der Waals surface area contributed by atoms with Crippen LogP contribution in [0.25, 0.3) is 0 Å². The predicted molar refractivity (Wildman–Crippen MR) is 74.2 cm³/mol. The zero-order valence-corrected chi connectivity index (χ0v) is 11.1. The molecule has 98 valence electrons. The molecular formula is C14H21N3O. The zero-order valence-electron chi connectivity index (χ0n) is 11.1. The van der Waals surface area contributed by atoms with Crippen LogP contribution in [-0.4, -0.2) is 32.1 Å². The molecule has 0 saturated carbocycles. The van der Waals surface area contributed by atoms with Crippen molar-refractivity contribution in [3.63, 3.8) is 0 Å². The molecule has 3 N–H and O–H groups in total. The fraction of sp³-hybridized carbons (Fsp3) is 0.500. The summed E-state index contributed by atoms with van der Waals surface area (Å²) in [5, 5.41) is 3.35. The predicted octanol–water partition coefficient (Wildman–Crippen LogP) is 1.07. The highest BCUT2D eigenvalue weighted by Crippen LogP contribution is 2.26. The molecule has 0 spiro atoms. The largest absolute Gasteiger partial charge is 0.369 e. The van der Waals surface area contributed by atoms with Crippen LogP contribution < -0.4 is 16.0 Å². The van der Waals surface area contributed by atoms with Crippen LogP contribution in [0.5, 0.6) is 0 Å². The lowest BCUT2D eigenvalue weighted by molar-refractivity contribution is 0.0999. The van der Waals surface area contributed by atoms with Crippen molar-refractivity contribution >= 4 is 11.6 Å². The molecule has 2 rings (SSSR count). The molecule has 1 aliphatic rings. The number of anilines is 1. The maximum Gasteiger partial charge on any atom is 0.248 e. The van der Waals surface area contributed by atoms with Crippen molar-refractivity contribution in [2.24, 2.45) is 5.73 Å². The molecule has 1 aliphatic heterocycles. The monoisotopic (exact) mass is 247 g/mol. The quantitative estimate of drug-likeness (QED) is 0.840. The van der Waals surface area contributed by atoms with Gasteiger partial charge in [0.25, 0.3) is 0 Å². The smallest absolute Gasteiger partial charge is 0.248 e. The minimum atomic E-state index is -0.332. The number of nitrogens with two attached hydrogens (primary N) is 1. The number of carbonyl (C=O) groups excluding carboxylic acids is 1. The van der Waals surface area contributed by atoms with Crippen molar-refractivity contribution < 1.29 is 4.79 Å². The Bertz CT molecular complexity index is 451. The lowest BCUT2D eigenvalue weighted by atomic mass is 9.97. The van der Waals surface area contributed by atoms with Crippen molar-refractivity contribution in [2.45, 2.75) is 20.3 Å². The molecule has 0 aromatic heterocycles. The summed E-state index contributed by atoms with van der Waals surface area (Å²) in [5.74, 6) is -0.332. The van der Waals surface area contributed by atoms with Crippen LogP contribution >= 0.6 is 0 Å². The van der Waals surface area contributed by atoms with E-state index >= 15 is 0 Å². The van der Waals surface area contributed by atoms with E-state index in [9.17, 15) is 4.79 Å². The molecule has 1 aromatic carbocycles. The van der Waals surface area contributed by atoms with Gasteiger partial charge in [-0.1, -0.05) is 6.92 Å². The Labute approximate surface area is 108 Å². The lowest BCUT2D eigenvalue weighted by Crippen LogP contribution is -2.43. The van der Waals surface area contributed by atoms with Crippen molar-refractivity contribution in [1.82, 2.24) is 5.32 Å². The maximum atomic E-state index is 11.4. The molecule has 0 radical (unpaired) electrons. The second-order valence-electron chi connectivity index (χ2n) is 4.69. The van der Waals surface area contributed by atoms with Crippen LogP contribution in [0.1, 0.15) is 28.4 Å². The van der Waals surface area contributed by atoms with E-state index in [1.54, 1.807) is 0 Å². The van der Waals surface area contributed by atoms with Gasteiger partial charge in [0.05, 0.1) is 0 Å². The van der Waals surface area contributed by atoms with Crippen molar-refractivity contribution in [3.05, 3.63) is 28.8 Å². The third kappa shape index (κ3) is 2.34. The number of amides is 1. The number of primary amides is 1. The molecule has 0 bridgehead atoms. The Morgan fingerprint density at radius 1 is 1.39 bits per heavy atom. The molecule has 18 heavy (non-hydrogen) atoms. The molecule has 1 saturated heterocycles. The average Bonchev–Trinajstić information content (AvgIpc) is 2.39. The van der Waals surface area contributed by atoms with Gasteiger partial charge in [-0.3, -0.25) is 4.79 Å². The molecule has 4 heteroatoms. The normalized spacial score (nSPS) is 15.8. The molecule has 1 amide bonds. The van der Waals surface area contributed by atoms with Gasteiger partial charge in [0, 0.05) is 37.4 Å². The van der Waals surface area contributed by atoms with Crippen LogP contribution in [0.4, 0.5) is 5.69 Å². The number of carbonyl (C=O) groups is 1. The molecule has 1 heterocycles. The minimum absolute atomic E-state index is 0.332. The van der Waals surface area contributed by atoms with E-state index in [-0.39, 0.29) is 5.91 Å². The lowest BCUT2D eigenvalue weighted by Gasteiger charge is -2.31. The van der Waals surface area contributed by atoms with E-state index in [1.807, 2.05) is 12.1 Å². The van der Waals surface area contributed by atoms with Gasteiger partial charge >= 0.3 is 0 Å². The standard InChI is InChI=1S/C14H21N3O/c1-3-11-10(2)13(5-4-12(11)14(15)18)17-8-6-16-7-9-17/h4-5,16H,3,6-9H2,1-2H3,(H2,15,18). The van der Waals surface area contributed by atoms with Gasteiger partial charge in [0.2, 0.25) is 5.91 Å². The third-order valence-corrected chi connectivity index (χ3v) is 3.65. The van der Waals surface area contributed by atoms with E-state index in [0.29, 0.717) is 5.56 Å². The Kier molecular flexibility index (Phi) is 3.87. The minimum Gasteiger partial charge on any atom is -0.369 e. The Balaban J connectivity index is 2.40. The van der Waals surface area contributed by atoms with Gasteiger partial charge in [-0.05, 0) is 36.6 Å². The molecule has 0 unspecified atom stereocenters. The highest BCUT2D eigenvalue weighted by Gasteiger charge is 2.17. The summed E-state index contributed by atoms with van der Waals surface area (Å²) in [6.07, 6.45) is 0.837. The molecule has 0 atom stereocenters. The van der Waals surface area contributed by atoms with E-state index in [4.69, 9.17) is 5.73 Å². The molecule has 0 aliphatic carbocycles. The zero-order chi connectivity index (χ0) is 13.1. The fourth-order valence-corrected chi connectivity index (χ4v) is 2.68. The SMILES string of the molecule is CCc1c(C(N)=O)ccc(N2CCNCC2)c1C. The first-order valence-corrected chi connectivity index (χ1v) is 6.53. The third-order valence-electron chi connectivity index (χ3n) is 3.65. The highest BCUT2D eigenvalue weighted by molar-refractivity contribution is 5.95. The van der Waals surface area contributed by atoms with Crippen LogP contribution in [0.2, 0.25) is 0 Å². The molecular weight excluding hydrogens is 226 g/mol. The number of piperazine rings is 1. The Morgan fingerprint density at radius 2 is 2.06 bits per heavy atom. The van der Waals surface area contributed by atoms with E-state index in [2.05, 4.69) is 24.1 Å². The Morgan fingerprint density at radius 3 is 2.61 bits per heavy atom. The fourth-order valence-electron chi connectivity index (χ4n) is 2.68. The number of hydrogen-bond donors (Lipinski definition) is 2. The first-order chi connectivity index (χ1) is 8.65. The number of nitrogens with zero attached hydrogens (tertiary/aromatic N) is 1. The van der Waals surface area contributed by atoms with Crippen molar-refractivity contribution in [3.8, 4) is 0 Å². The number of benzene rings is 1. The molecule has 1 aromatic rings. The molecule has 1 fully saturated rings. The Hall–Kier alpha value is -1.55. The second kappa shape index (κ2) is 5.40. The highest BCUT2D eigenvalue weighted by atomic mass is 16.1. The van der Waals surface area contributed by atoms with Gasteiger partial charge in [-0.25, -0.2) is 0 Å². The first kappa shape index (κ1) is 12.9. The summed E-state index contributed by atoms with van der Waals surface area (Å²) in [5.41, 5.74) is 9.59. The van der Waals surface area contributed by atoms with E-state index in [1.165, 1.54) is 11.3 Å². The topological polar surface area (TPSA) is 58.4 Å². The van der Waals surface area contributed by atoms with Crippen LogP contribution in [0.3, 0.4) is 0 Å². The van der Waals surface area contributed by atoms with Gasteiger partial charge in [-0.2, -0.15) is 0 Å². The number of rotatable bonds is 3. The average molecular weight is 247 g/mol. The van der Waals surface area contributed by atoms with Crippen molar-refractivity contribution in [1.29, 1.82) is 0 Å². The van der Waals surface area contributed by atoms with Crippen molar-refractivity contribution in [2.75, 3.05) is 31.1 Å². The summed E-state index contributed by atoms with van der Waals surface area (Å²) < 4.78 is 0. The van der Waals surface area contributed by atoms with Crippen LogP contribution in [0.15, 0.2) is 12.1 Å². The van der Waals surface area contributed by atoms with Gasteiger partial charge in [0.1, 0.15) is 0 Å². The van der Waals surface area contributed by atoms with Crippen LogP contribution in [-0.2, 0) is 6.42 Å². The number of hydrogen-bond acceptors (Lipinski definition) is 3. The van der Waals surface area contributed by atoms with Crippen LogP contribution in [0, 0.1) is 6.92 Å². The number of nitrogens with one attached hydrogen (secondary N) is 1. The maximum absolute atomic E-state index is 11.4. The second-order valence-corrected chi connectivity index (χ2v) is 4.69. The molecule has 4 nitrogen and oxygen atoms in total. The van der Waals surface area contributed by atoms with E-state index < -0.39 is 0 Å².